The van der Waals surface area contributed by atoms with Gasteiger partial charge in [0.25, 0.3) is 0 Å². The second-order valence-corrected chi connectivity index (χ2v) is 6.85. The van der Waals surface area contributed by atoms with Gasteiger partial charge in [0, 0.05) is 11.8 Å². The van der Waals surface area contributed by atoms with E-state index in [1.807, 2.05) is 60.7 Å². The van der Waals surface area contributed by atoms with Crippen molar-refractivity contribution in [1.29, 1.82) is 0 Å². The SMILES string of the molecule is Oc1ccc(C(O)(c2ccccc2)C(CCCCl)c2ccccc2)cc1. The summed E-state index contributed by atoms with van der Waals surface area (Å²) in [6.45, 7) is 0. The highest BCUT2D eigenvalue weighted by Gasteiger charge is 2.40. The molecule has 0 bridgehead atoms. The average Bonchev–Trinajstić information content (AvgIpc) is 2.70. The molecule has 0 heterocycles. The fourth-order valence-corrected chi connectivity index (χ4v) is 3.71. The van der Waals surface area contributed by atoms with E-state index in [1.54, 1.807) is 24.3 Å². The van der Waals surface area contributed by atoms with Crippen LogP contribution in [0.5, 0.6) is 5.75 Å². The monoisotopic (exact) mass is 366 g/mol. The number of hydrogen-bond acceptors (Lipinski definition) is 2. The predicted octanol–water partition coefficient (Wildman–Crippen LogP) is 5.43. The fourth-order valence-electron chi connectivity index (χ4n) is 3.56. The van der Waals surface area contributed by atoms with Gasteiger partial charge in [-0.05, 0) is 41.7 Å². The number of aliphatic hydroxyl groups is 1. The molecule has 0 saturated heterocycles. The van der Waals surface area contributed by atoms with Crippen molar-refractivity contribution in [2.24, 2.45) is 0 Å². The molecular weight excluding hydrogens is 344 g/mol. The minimum Gasteiger partial charge on any atom is -0.508 e. The molecule has 2 atom stereocenters. The number of phenols is 1. The van der Waals surface area contributed by atoms with E-state index in [0.717, 1.165) is 29.5 Å². The van der Waals surface area contributed by atoms with Crippen LogP contribution in [0.4, 0.5) is 0 Å². The number of rotatable bonds is 7. The Morgan fingerprint density at radius 1 is 0.769 bits per heavy atom. The first-order valence-corrected chi connectivity index (χ1v) is 9.38. The summed E-state index contributed by atoms with van der Waals surface area (Å²) >= 11 is 5.98. The van der Waals surface area contributed by atoms with E-state index >= 15 is 0 Å². The molecule has 0 amide bonds. The molecule has 26 heavy (non-hydrogen) atoms. The Balaban J connectivity index is 2.18. The molecule has 0 aliphatic carbocycles. The van der Waals surface area contributed by atoms with Crippen LogP contribution in [-0.2, 0) is 5.60 Å². The smallest absolute Gasteiger partial charge is 0.121 e. The maximum Gasteiger partial charge on any atom is 0.121 e. The molecule has 0 spiro atoms. The van der Waals surface area contributed by atoms with Gasteiger partial charge in [0.1, 0.15) is 11.4 Å². The largest absolute Gasteiger partial charge is 0.508 e. The van der Waals surface area contributed by atoms with Gasteiger partial charge in [-0.3, -0.25) is 0 Å². The topological polar surface area (TPSA) is 40.5 Å². The first-order chi connectivity index (χ1) is 12.7. The molecule has 2 nitrogen and oxygen atoms in total. The molecule has 0 saturated carbocycles. The number of phenolic OH excluding ortho intramolecular Hbond substituents is 1. The summed E-state index contributed by atoms with van der Waals surface area (Å²) in [5.74, 6) is 0.569. The van der Waals surface area contributed by atoms with E-state index in [-0.39, 0.29) is 11.7 Å². The summed E-state index contributed by atoms with van der Waals surface area (Å²) < 4.78 is 0. The Morgan fingerprint density at radius 2 is 1.31 bits per heavy atom. The first kappa shape index (κ1) is 18.5. The normalized spacial score (nSPS) is 14.5. The van der Waals surface area contributed by atoms with Crippen LogP contribution in [0.15, 0.2) is 84.9 Å². The van der Waals surface area contributed by atoms with Crippen LogP contribution in [-0.4, -0.2) is 16.1 Å². The number of aromatic hydroxyl groups is 1. The minimum atomic E-state index is -1.22. The molecule has 0 radical (unpaired) electrons. The molecule has 3 rings (SSSR count). The van der Waals surface area contributed by atoms with Crippen LogP contribution < -0.4 is 0 Å². The van der Waals surface area contributed by atoms with Gasteiger partial charge in [-0.1, -0.05) is 72.8 Å². The average molecular weight is 367 g/mol. The highest BCUT2D eigenvalue weighted by atomic mass is 35.5. The summed E-state index contributed by atoms with van der Waals surface area (Å²) in [4.78, 5) is 0. The maximum atomic E-state index is 12.1. The Morgan fingerprint density at radius 3 is 1.88 bits per heavy atom. The van der Waals surface area contributed by atoms with Crippen molar-refractivity contribution in [3.8, 4) is 5.75 Å². The lowest BCUT2D eigenvalue weighted by molar-refractivity contribution is 0.0457. The summed E-state index contributed by atoms with van der Waals surface area (Å²) in [7, 11) is 0. The van der Waals surface area contributed by atoms with E-state index in [4.69, 9.17) is 11.6 Å². The number of hydrogen-bond donors (Lipinski definition) is 2. The van der Waals surface area contributed by atoms with E-state index in [2.05, 4.69) is 0 Å². The van der Waals surface area contributed by atoms with Gasteiger partial charge in [-0.2, -0.15) is 0 Å². The van der Waals surface area contributed by atoms with Crippen LogP contribution in [0.3, 0.4) is 0 Å². The molecule has 0 aromatic heterocycles. The summed E-state index contributed by atoms with van der Waals surface area (Å²) in [6.07, 6.45) is 1.55. The number of alkyl halides is 1. The lowest BCUT2D eigenvalue weighted by atomic mass is 9.71. The van der Waals surface area contributed by atoms with Gasteiger partial charge in [-0.25, -0.2) is 0 Å². The third-order valence-electron chi connectivity index (χ3n) is 4.85. The van der Waals surface area contributed by atoms with Crippen molar-refractivity contribution >= 4 is 11.6 Å². The predicted molar refractivity (Wildman–Crippen MR) is 107 cm³/mol. The van der Waals surface area contributed by atoms with Crippen LogP contribution in [0.25, 0.3) is 0 Å². The number of halogens is 1. The molecule has 0 aliphatic heterocycles. The maximum absolute atomic E-state index is 12.1. The Kier molecular flexibility index (Phi) is 5.97. The van der Waals surface area contributed by atoms with Crippen molar-refractivity contribution < 1.29 is 10.2 Å². The van der Waals surface area contributed by atoms with Crippen LogP contribution in [0, 0.1) is 0 Å². The molecule has 3 aromatic rings. The van der Waals surface area contributed by atoms with Crippen molar-refractivity contribution in [3.05, 3.63) is 102 Å². The van der Waals surface area contributed by atoms with E-state index < -0.39 is 5.60 Å². The molecular formula is C23H23ClO2. The van der Waals surface area contributed by atoms with Gasteiger partial charge in [0.05, 0.1) is 0 Å². The van der Waals surface area contributed by atoms with Gasteiger partial charge in [-0.15, -0.1) is 11.6 Å². The van der Waals surface area contributed by atoms with Crippen molar-refractivity contribution in [1.82, 2.24) is 0 Å². The quantitative estimate of drug-likeness (QED) is 0.547. The second kappa shape index (κ2) is 8.39. The van der Waals surface area contributed by atoms with Gasteiger partial charge in [0.15, 0.2) is 0 Å². The highest BCUT2D eigenvalue weighted by Crippen LogP contribution is 2.45. The molecule has 134 valence electrons. The lowest BCUT2D eigenvalue weighted by Gasteiger charge is -2.38. The van der Waals surface area contributed by atoms with E-state index in [1.165, 1.54) is 0 Å². The van der Waals surface area contributed by atoms with Crippen molar-refractivity contribution in [2.75, 3.05) is 5.88 Å². The number of benzene rings is 3. The van der Waals surface area contributed by atoms with Gasteiger partial charge in [0.2, 0.25) is 0 Å². The van der Waals surface area contributed by atoms with Crippen LogP contribution in [0.1, 0.15) is 35.4 Å². The Labute approximate surface area is 159 Å². The van der Waals surface area contributed by atoms with Crippen molar-refractivity contribution in [3.63, 3.8) is 0 Å². The molecule has 2 N–H and O–H groups in total. The highest BCUT2D eigenvalue weighted by molar-refractivity contribution is 6.17. The summed E-state index contributed by atoms with van der Waals surface area (Å²) in [6, 6.07) is 26.6. The Hall–Kier alpha value is -2.29. The third kappa shape index (κ3) is 3.77. The standard InChI is InChI=1S/C23H23ClO2/c24-17-7-12-22(18-8-3-1-4-9-18)23(26,19-10-5-2-6-11-19)20-13-15-21(25)16-14-20/h1-6,8-11,13-16,22,25-26H,7,12,17H2. The third-order valence-corrected chi connectivity index (χ3v) is 5.12. The lowest BCUT2D eigenvalue weighted by Crippen LogP contribution is -2.35. The Bertz CT molecular complexity index is 803. The van der Waals surface area contributed by atoms with Gasteiger partial charge < -0.3 is 10.2 Å². The molecule has 0 fully saturated rings. The zero-order valence-electron chi connectivity index (χ0n) is 14.6. The summed E-state index contributed by atoms with van der Waals surface area (Å²) in [5.41, 5.74) is 1.43. The zero-order chi connectivity index (χ0) is 18.4. The first-order valence-electron chi connectivity index (χ1n) is 8.84. The van der Waals surface area contributed by atoms with Crippen LogP contribution >= 0.6 is 11.6 Å². The van der Waals surface area contributed by atoms with E-state index in [0.29, 0.717) is 5.88 Å². The zero-order valence-corrected chi connectivity index (χ0v) is 15.3. The van der Waals surface area contributed by atoms with Crippen LogP contribution in [0.2, 0.25) is 0 Å². The molecule has 3 heteroatoms. The molecule has 2 unspecified atom stereocenters. The molecule has 0 aliphatic rings. The molecule has 3 aromatic carbocycles. The van der Waals surface area contributed by atoms with Crippen molar-refractivity contribution in [2.45, 2.75) is 24.4 Å². The van der Waals surface area contributed by atoms with Gasteiger partial charge >= 0.3 is 0 Å². The summed E-state index contributed by atoms with van der Waals surface area (Å²) in [5, 5.41) is 21.8. The fraction of sp³-hybridized carbons (Fsp3) is 0.217. The minimum absolute atomic E-state index is 0.158. The van der Waals surface area contributed by atoms with E-state index in [9.17, 15) is 10.2 Å². The second-order valence-electron chi connectivity index (χ2n) is 6.47.